The lowest BCUT2D eigenvalue weighted by atomic mass is 10.1. The third-order valence-electron chi connectivity index (χ3n) is 3.54. The van der Waals surface area contributed by atoms with Gasteiger partial charge in [0.15, 0.2) is 16.7 Å². The summed E-state index contributed by atoms with van der Waals surface area (Å²) >= 11 is 2.51. The first kappa shape index (κ1) is 18.5. The van der Waals surface area contributed by atoms with Crippen LogP contribution in [-0.2, 0) is 4.79 Å². The molecule has 0 saturated carbocycles. The molecule has 0 saturated heterocycles. The van der Waals surface area contributed by atoms with E-state index in [1.54, 1.807) is 30.2 Å². The Morgan fingerprint density at radius 3 is 2.77 bits per heavy atom. The summed E-state index contributed by atoms with van der Waals surface area (Å²) in [6, 6.07) is 5.37. The van der Waals surface area contributed by atoms with Gasteiger partial charge in [0, 0.05) is 0 Å². The van der Waals surface area contributed by atoms with Crippen LogP contribution < -0.4 is 9.47 Å². The van der Waals surface area contributed by atoms with Crippen LogP contribution in [0.1, 0.15) is 19.4 Å². The van der Waals surface area contributed by atoms with Crippen molar-refractivity contribution in [1.29, 1.82) is 5.41 Å². The van der Waals surface area contributed by atoms with Gasteiger partial charge in [-0.3, -0.25) is 10.2 Å². The average molecular weight is 390 g/mol. The predicted octanol–water partition coefficient (Wildman–Crippen LogP) is 3.42. The van der Waals surface area contributed by atoms with Crippen molar-refractivity contribution in [3.8, 4) is 11.5 Å². The fourth-order valence-corrected chi connectivity index (χ4v) is 3.88. The minimum absolute atomic E-state index is 0.0193. The van der Waals surface area contributed by atoms with Crippen LogP contribution in [0.25, 0.3) is 6.08 Å². The minimum Gasteiger partial charge on any atom is -0.493 e. The molecule has 2 heterocycles. The number of nitrogens with zero attached hydrogens (tertiary/aromatic N) is 3. The van der Waals surface area contributed by atoms with Crippen LogP contribution in [0, 0.1) is 5.41 Å². The Balaban J connectivity index is 1.96. The fourth-order valence-electron chi connectivity index (χ4n) is 2.42. The molecule has 1 aromatic carbocycles. The predicted molar refractivity (Wildman–Crippen MR) is 107 cm³/mol. The molecule has 0 unspecified atom stereocenters. The standard InChI is InChI=1S/C17H18N4O3S2/c1-9(2)24-12-6-5-10(8-13(12)23-3)7-11-14(18)21-16(19-15(11)22)26-20-17(21)25-4/h5-9,18H,1-4H3. The van der Waals surface area contributed by atoms with Gasteiger partial charge in [-0.1, -0.05) is 17.8 Å². The van der Waals surface area contributed by atoms with Crippen LogP contribution in [0.4, 0.5) is 0 Å². The van der Waals surface area contributed by atoms with Crippen LogP contribution in [0.3, 0.4) is 0 Å². The number of hydrogen-bond donors (Lipinski definition) is 1. The van der Waals surface area contributed by atoms with Crippen LogP contribution in [-0.4, -0.2) is 46.4 Å². The van der Waals surface area contributed by atoms with E-state index in [9.17, 15) is 4.79 Å². The van der Waals surface area contributed by atoms with Crippen molar-refractivity contribution in [2.75, 3.05) is 13.4 Å². The van der Waals surface area contributed by atoms with Crippen molar-refractivity contribution in [3.63, 3.8) is 0 Å². The van der Waals surface area contributed by atoms with Crippen molar-refractivity contribution >= 4 is 51.9 Å². The number of carbonyl (C=O) groups is 1. The van der Waals surface area contributed by atoms with E-state index in [1.165, 1.54) is 11.8 Å². The molecule has 0 bridgehead atoms. The highest BCUT2D eigenvalue weighted by Crippen LogP contribution is 2.33. The van der Waals surface area contributed by atoms with Crippen LogP contribution in [0.2, 0.25) is 0 Å². The number of thioether (sulfide) groups is 1. The highest BCUT2D eigenvalue weighted by molar-refractivity contribution is 8.18. The number of hydrogen-bond acceptors (Lipinski definition) is 7. The maximum absolute atomic E-state index is 12.4. The SMILES string of the molecule is COc1cc(C=C2C(=N)N3C(SC)=NSC3=NC2=O)ccc1OC(C)C. The molecule has 0 fully saturated rings. The Hall–Kier alpha value is -2.26. The van der Waals surface area contributed by atoms with E-state index in [0.29, 0.717) is 21.8 Å². The van der Waals surface area contributed by atoms with Gasteiger partial charge in [-0.25, -0.2) is 4.90 Å². The number of nitrogens with one attached hydrogen (secondary N) is 1. The Kier molecular flexibility index (Phi) is 5.38. The van der Waals surface area contributed by atoms with Gasteiger partial charge in [0.05, 0.1) is 30.7 Å². The Labute approximate surface area is 160 Å². The van der Waals surface area contributed by atoms with E-state index in [2.05, 4.69) is 9.39 Å². The molecular formula is C17H18N4O3S2. The zero-order valence-electron chi connectivity index (χ0n) is 14.8. The van der Waals surface area contributed by atoms with Gasteiger partial charge in [-0.05, 0) is 43.9 Å². The summed E-state index contributed by atoms with van der Waals surface area (Å²) in [7, 11) is 1.56. The van der Waals surface area contributed by atoms with E-state index in [0.717, 1.165) is 17.5 Å². The molecule has 3 rings (SSSR count). The van der Waals surface area contributed by atoms with Crippen molar-refractivity contribution in [3.05, 3.63) is 29.3 Å². The van der Waals surface area contributed by atoms with Gasteiger partial charge in [-0.2, -0.15) is 9.39 Å². The second kappa shape index (κ2) is 7.55. The quantitative estimate of drug-likeness (QED) is 0.626. The lowest BCUT2D eigenvalue weighted by Gasteiger charge is -2.23. The van der Waals surface area contributed by atoms with Crippen LogP contribution >= 0.6 is 23.7 Å². The minimum atomic E-state index is -0.451. The van der Waals surface area contributed by atoms with Gasteiger partial charge in [0.25, 0.3) is 5.91 Å². The number of ether oxygens (including phenoxy) is 2. The molecule has 0 spiro atoms. The second-order valence-corrected chi connectivity index (χ2v) is 7.19. The molecule has 0 radical (unpaired) electrons. The first-order valence-electron chi connectivity index (χ1n) is 7.82. The summed E-state index contributed by atoms with van der Waals surface area (Å²) in [6.07, 6.45) is 3.52. The molecule has 1 aromatic rings. The fraction of sp³-hybridized carbons (Fsp3) is 0.294. The molecule has 26 heavy (non-hydrogen) atoms. The summed E-state index contributed by atoms with van der Waals surface area (Å²) in [5, 5.41) is 9.46. The molecule has 1 N–H and O–H groups in total. The van der Waals surface area contributed by atoms with Gasteiger partial charge < -0.3 is 9.47 Å². The molecule has 0 aromatic heterocycles. The first-order valence-corrected chi connectivity index (χ1v) is 9.82. The highest BCUT2D eigenvalue weighted by Gasteiger charge is 2.36. The third kappa shape index (κ3) is 3.49. The normalized spacial score (nSPS) is 18.2. The maximum atomic E-state index is 12.4. The number of amides is 1. The number of carbonyl (C=O) groups excluding carboxylic acids is 1. The smallest absolute Gasteiger partial charge is 0.283 e. The summed E-state index contributed by atoms with van der Waals surface area (Å²) < 4.78 is 15.3. The number of methoxy groups -OCH3 is 1. The molecule has 0 atom stereocenters. The third-order valence-corrected chi connectivity index (χ3v) is 4.99. The highest BCUT2D eigenvalue weighted by atomic mass is 32.2. The van der Waals surface area contributed by atoms with Gasteiger partial charge >= 0.3 is 0 Å². The van der Waals surface area contributed by atoms with Gasteiger partial charge in [0.2, 0.25) is 5.17 Å². The number of fused-ring (bicyclic) bond motifs is 1. The van der Waals surface area contributed by atoms with E-state index in [-0.39, 0.29) is 17.5 Å². The molecule has 136 valence electrons. The number of aliphatic imine (C=N–C) groups is 1. The van der Waals surface area contributed by atoms with Crippen LogP contribution in [0.5, 0.6) is 11.5 Å². The maximum Gasteiger partial charge on any atom is 0.283 e. The molecule has 9 heteroatoms. The molecule has 1 amide bonds. The molecule has 0 aliphatic carbocycles. The number of amidine groups is 3. The van der Waals surface area contributed by atoms with E-state index >= 15 is 0 Å². The molecular weight excluding hydrogens is 372 g/mol. The van der Waals surface area contributed by atoms with Crippen molar-refractivity contribution in [2.45, 2.75) is 20.0 Å². The monoisotopic (exact) mass is 390 g/mol. The molecule has 2 aliphatic heterocycles. The van der Waals surface area contributed by atoms with Gasteiger partial charge in [0.1, 0.15) is 5.84 Å². The van der Waals surface area contributed by atoms with Crippen molar-refractivity contribution in [1.82, 2.24) is 4.90 Å². The van der Waals surface area contributed by atoms with E-state index in [1.807, 2.05) is 26.2 Å². The molecule has 2 aliphatic rings. The topological polar surface area (TPSA) is 87.3 Å². The second-order valence-electron chi connectivity index (χ2n) is 5.69. The number of benzene rings is 1. The van der Waals surface area contributed by atoms with E-state index in [4.69, 9.17) is 14.9 Å². The summed E-state index contributed by atoms with van der Waals surface area (Å²) in [6.45, 7) is 3.87. The molecule has 7 nitrogen and oxygen atoms in total. The number of rotatable bonds is 4. The Bertz CT molecular complexity index is 862. The largest absolute Gasteiger partial charge is 0.493 e. The summed E-state index contributed by atoms with van der Waals surface area (Å²) in [5.41, 5.74) is 0.928. The van der Waals surface area contributed by atoms with Crippen molar-refractivity contribution < 1.29 is 14.3 Å². The van der Waals surface area contributed by atoms with Gasteiger partial charge in [-0.15, -0.1) is 0 Å². The Morgan fingerprint density at radius 2 is 2.12 bits per heavy atom. The lowest BCUT2D eigenvalue weighted by molar-refractivity contribution is -0.114. The first-order chi connectivity index (χ1) is 12.4. The Morgan fingerprint density at radius 1 is 1.35 bits per heavy atom. The van der Waals surface area contributed by atoms with Crippen molar-refractivity contribution in [2.24, 2.45) is 9.39 Å². The lowest BCUT2D eigenvalue weighted by Crippen LogP contribution is -2.41. The zero-order valence-corrected chi connectivity index (χ0v) is 16.4. The average Bonchev–Trinajstić information content (AvgIpc) is 3.02. The van der Waals surface area contributed by atoms with E-state index < -0.39 is 5.91 Å². The zero-order chi connectivity index (χ0) is 18.8. The summed E-state index contributed by atoms with van der Waals surface area (Å²) in [4.78, 5) is 18.0. The summed E-state index contributed by atoms with van der Waals surface area (Å²) in [5.74, 6) is 0.810. The van der Waals surface area contributed by atoms with Crippen LogP contribution in [0.15, 0.2) is 33.2 Å².